The maximum atomic E-state index is 14.0. The topological polar surface area (TPSA) is 179 Å². The van der Waals surface area contributed by atoms with Crippen molar-refractivity contribution < 1.29 is 33.4 Å². The molecular formula is C35H38N6O7. The average molecular weight is 655 g/mol. The van der Waals surface area contributed by atoms with Crippen LogP contribution in [-0.4, -0.2) is 80.9 Å². The van der Waals surface area contributed by atoms with Gasteiger partial charge in [0, 0.05) is 30.2 Å². The SMILES string of the molecule is COc1ccc2cc1-c1cc(ccc1OC)[C@H](N(C)C(=O)CNC(=O)c1ccc(C)cc1)C(=O)N[C@@H](C)C(=O)N[C@H](C(=O)NCC#N)C2. The Hall–Kier alpha value is -5.90. The second-order valence-corrected chi connectivity index (χ2v) is 11.3. The van der Waals surface area contributed by atoms with E-state index in [4.69, 9.17) is 14.7 Å². The van der Waals surface area contributed by atoms with Gasteiger partial charge in [-0.15, -0.1) is 0 Å². The summed E-state index contributed by atoms with van der Waals surface area (Å²) in [5.74, 6) is -2.02. The number of carbonyl (C=O) groups excluding carboxylic acids is 5. The van der Waals surface area contributed by atoms with Gasteiger partial charge in [-0.2, -0.15) is 5.26 Å². The van der Waals surface area contributed by atoms with Crippen molar-refractivity contribution in [3.8, 4) is 28.7 Å². The van der Waals surface area contributed by atoms with E-state index in [9.17, 15) is 24.0 Å². The number of methoxy groups -OCH3 is 2. The Kier molecular flexibility index (Phi) is 11.4. The predicted molar refractivity (Wildman–Crippen MR) is 176 cm³/mol. The van der Waals surface area contributed by atoms with Crippen molar-refractivity contribution in [3.63, 3.8) is 0 Å². The van der Waals surface area contributed by atoms with E-state index < -0.39 is 54.2 Å². The van der Waals surface area contributed by atoms with Gasteiger partial charge in [-0.3, -0.25) is 24.0 Å². The van der Waals surface area contributed by atoms with Crippen molar-refractivity contribution in [1.29, 1.82) is 5.26 Å². The van der Waals surface area contributed by atoms with E-state index in [1.807, 2.05) is 13.0 Å². The second kappa shape index (κ2) is 15.6. The van der Waals surface area contributed by atoms with Crippen molar-refractivity contribution in [2.45, 2.75) is 38.4 Å². The summed E-state index contributed by atoms with van der Waals surface area (Å²) < 4.78 is 11.3. The normalized spacial score (nSPS) is 17.4. The molecule has 3 atom stereocenters. The molecule has 4 N–H and O–H groups in total. The summed E-state index contributed by atoms with van der Waals surface area (Å²) in [4.78, 5) is 67.7. The lowest BCUT2D eigenvalue weighted by Gasteiger charge is -2.30. The van der Waals surface area contributed by atoms with Crippen molar-refractivity contribution in [2.75, 3.05) is 34.4 Å². The van der Waals surface area contributed by atoms with E-state index in [0.717, 1.165) is 5.56 Å². The Morgan fingerprint density at radius 1 is 0.917 bits per heavy atom. The number of nitriles is 1. The number of hydrogen-bond acceptors (Lipinski definition) is 8. The van der Waals surface area contributed by atoms with Gasteiger partial charge in [-0.05, 0) is 61.4 Å². The molecule has 0 saturated heterocycles. The number of benzene rings is 3. The third-order valence-electron chi connectivity index (χ3n) is 8.00. The molecule has 3 aromatic carbocycles. The average Bonchev–Trinajstić information content (AvgIpc) is 3.08. The maximum Gasteiger partial charge on any atom is 0.251 e. The molecule has 48 heavy (non-hydrogen) atoms. The lowest BCUT2D eigenvalue weighted by atomic mass is 9.93. The number of aryl methyl sites for hydroxylation is 1. The molecule has 5 amide bonds. The van der Waals surface area contributed by atoms with Crippen molar-refractivity contribution in [1.82, 2.24) is 26.2 Å². The van der Waals surface area contributed by atoms with Crippen LogP contribution in [0.1, 0.15) is 40.0 Å². The number of likely N-dealkylation sites (N-methyl/N-ethyl adjacent to an activating group) is 1. The lowest BCUT2D eigenvalue weighted by molar-refractivity contribution is -0.139. The highest BCUT2D eigenvalue weighted by Gasteiger charge is 2.33. The maximum absolute atomic E-state index is 14.0. The first kappa shape index (κ1) is 35.0. The van der Waals surface area contributed by atoms with Gasteiger partial charge in [0.2, 0.25) is 23.6 Å². The molecule has 4 bridgehead atoms. The quantitative estimate of drug-likeness (QED) is 0.266. The Bertz CT molecular complexity index is 1750. The predicted octanol–water partition coefficient (Wildman–Crippen LogP) is 1.79. The molecule has 0 aromatic heterocycles. The number of fused-ring (bicyclic) bond motifs is 5. The molecule has 0 aliphatic carbocycles. The van der Waals surface area contributed by atoms with Gasteiger partial charge in [0.25, 0.3) is 5.91 Å². The van der Waals surface area contributed by atoms with E-state index in [-0.39, 0.29) is 13.0 Å². The monoisotopic (exact) mass is 654 g/mol. The molecule has 1 heterocycles. The van der Waals surface area contributed by atoms with E-state index in [1.54, 1.807) is 60.7 Å². The van der Waals surface area contributed by atoms with E-state index >= 15 is 0 Å². The van der Waals surface area contributed by atoms with Gasteiger partial charge >= 0.3 is 0 Å². The number of hydrogen-bond donors (Lipinski definition) is 4. The fraction of sp³-hybridized carbons (Fsp3) is 0.314. The molecule has 0 unspecified atom stereocenters. The van der Waals surface area contributed by atoms with Gasteiger partial charge in [0.05, 0.1) is 26.8 Å². The van der Waals surface area contributed by atoms with Crippen LogP contribution in [0.4, 0.5) is 0 Å². The zero-order valence-electron chi connectivity index (χ0n) is 27.4. The number of rotatable bonds is 8. The van der Waals surface area contributed by atoms with Gasteiger partial charge < -0.3 is 35.6 Å². The minimum absolute atomic E-state index is 0.0663. The van der Waals surface area contributed by atoms with E-state index in [2.05, 4.69) is 21.3 Å². The molecule has 1 aliphatic rings. The summed E-state index contributed by atoms with van der Waals surface area (Å²) in [6.45, 7) is 2.69. The molecule has 250 valence electrons. The first-order chi connectivity index (χ1) is 23.0. The van der Waals surface area contributed by atoms with E-state index in [0.29, 0.717) is 39.3 Å². The zero-order chi connectivity index (χ0) is 35.0. The summed E-state index contributed by atoms with van der Waals surface area (Å²) in [5, 5.41) is 19.4. The zero-order valence-corrected chi connectivity index (χ0v) is 27.4. The number of carbonyl (C=O) groups is 5. The summed E-state index contributed by atoms with van der Waals surface area (Å²) in [5.41, 5.74) is 3.53. The van der Waals surface area contributed by atoms with Gasteiger partial charge in [-0.1, -0.05) is 29.8 Å². The molecule has 3 aromatic rings. The number of amides is 5. The number of nitrogens with zero attached hydrogens (tertiary/aromatic N) is 2. The lowest BCUT2D eigenvalue weighted by Crippen LogP contribution is -2.55. The Balaban J connectivity index is 1.77. The van der Waals surface area contributed by atoms with Gasteiger partial charge in [-0.25, -0.2) is 0 Å². The highest BCUT2D eigenvalue weighted by atomic mass is 16.5. The molecular weight excluding hydrogens is 616 g/mol. The van der Waals surface area contributed by atoms with Crippen molar-refractivity contribution >= 4 is 29.5 Å². The van der Waals surface area contributed by atoms with Crippen LogP contribution in [0.3, 0.4) is 0 Å². The minimum Gasteiger partial charge on any atom is -0.496 e. The summed E-state index contributed by atoms with van der Waals surface area (Å²) >= 11 is 0. The fourth-order valence-corrected chi connectivity index (χ4v) is 5.33. The van der Waals surface area contributed by atoms with Crippen LogP contribution in [0, 0.1) is 18.3 Å². The van der Waals surface area contributed by atoms with Crippen molar-refractivity contribution in [2.24, 2.45) is 0 Å². The molecule has 0 radical (unpaired) electrons. The summed E-state index contributed by atoms with van der Waals surface area (Å²) in [7, 11) is 4.43. The second-order valence-electron chi connectivity index (χ2n) is 11.3. The number of nitrogens with one attached hydrogen (secondary N) is 4. The highest BCUT2D eigenvalue weighted by Crippen LogP contribution is 2.39. The molecule has 0 fully saturated rings. The van der Waals surface area contributed by atoms with Crippen LogP contribution in [-0.2, 0) is 25.6 Å². The van der Waals surface area contributed by atoms with Crippen LogP contribution in [0.5, 0.6) is 11.5 Å². The van der Waals surface area contributed by atoms with Crippen LogP contribution in [0.25, 0.3) is 11.1 Å². The summed E-state index contributed by atoms with van der Waals surface area (Å²) in [6.07, 6.45) is 0.0663. The summed E-state index contributed by atoms with van der Waals surface area (Å²) in [6, 6.07) is 15.5. The molecule has 4 rings (SSSR count). The Morgan fingerprint density at radius 3 is 2.21 bits per heavy atom. The Labute approximate surface area is 278 Å². The molecule has 1 aliphatic heterocycles. The van der Waals surface area contributed by atoms with E-state index in [1.165, 1.54) is 33.1 Å². The minimum atomic E-state index is -1.25. The molecule has 13 heteroatoms. The molecule has 13 nitrogen and oxygen atoms in total. The van der Waals surface area contributed by atoms with Crippen LogP contribution < -0.4 is 30.7 Å². The van der Waals surface area contributed by atoms with Gasteiger partial charge in [0.1, 0.15) is 36.2 Å². The molecule has 0 spiro atoms. The van der Waals surface area contributed by atoms with Crippen LogP contribution >= 0.6 is 0 Å². The molecule has 0 saturated carbocycles. The standard InChI is InChI=1S/C35H38N6O7/c1-20-6-9-23(10-7-20)33(44)38-19-30(42)41(3)31-24-11-13-29(48-5)26(18-24)25-16-22(8-12-28(25)47-4)17-27(34(45)37-15-14-36)40-32(43)21(2)39-35(31)46/h6-13,16,18,21,27,31H,15,17,19H2,1-5H3,(H,37,45)(H,38,44)(H,39,46)(H,40,43)/t21-,27-,31-/m0/s1. The Morgan fingerprint density at radius 2 is 1.56 bits per heavy atom. The smallest absolute Gasteiger partial charge is 0.251 e. The van der Waals surface area contributed by atoms with Crippen LogP contribution in [0.2, 0.25) is 0 Å². The highest BCUT2D eigenvalue weighted by molar-refractivity contribution is 5.98. The fourth-order valence-electron chi connectivity index (χ4n) is 5.33. The largest absolute Gasteiger partial charge is 0.496 e. The van der Waals surface area contributed by atoms with Gasteiger partial charge in [0.15, 0.2) is 0 Å². The van der Waals surface area contributed by atoms with Crippen LogP contribution in [0.15, 0.2) is 60.7 Å². The first-order valence-corrected chi connectivity index (χ1v) is 15.2. The number of ether oxygens (including phenoxy) is 2. The third kappa shape index (κ3) is 8.08. The first-order valence-electron chi connectivity index (χ1n) is 15.2. The third-order valence-corrected chi connectivity index (χ3v) is 8.00. The van der Waals surface area contributed by atoms with Crippen molar-refractivity contribution in [3.05, 3.63) is 82.9 Å².